The van der Waals surface area contributed by atoms with Crippen molar-refractivity contribution in [2.75, 3.05) is 0 Å². The van der Waals surface area contributed by atoms with Crippen LogP contribution in [0.25, 0.3) is 0 Å². The van der Waals surface area contributed by atoms with E-state index in [0.29, 0.717) is 11.1 Å². The fourth-order valence-electron chi connectivity index (χ4n) is 1.93. The summed E-state index contributed by atoms with van der Waals surface area (Å²) in [6.45, 7) is 0.260. The molecule has 0 saturated carbocycles. The van der Waals surface area contributed by atoms with E-state index in [-0.39, 0.29) is 36.9 Å². The summed E-state index contributed by atoms with van der Waals surface area (Å²) in [6, 6.07) is 14.9. The van der Waals surface area contributed by atoms with Gasteiger partial charge < -0.3 is 5.32 Å². The molecule has 0 unspecified atom stereocenters. The van der Waals surface area contributed by atoms with Crippen LogP contribution < -0.4 is 5.32 Å². The van der Waals surface area contributed by atoms with E-state index >= 15 is 0 Å². The SMILES string of the molecule is O=C(CCC(=O)c1ccccc1)NCc1cccc(F)c1. The van der Waals surface area contributed by atoms with E-state index in [1.807, 2.05) is 6.07 Å². The molecule has 0 aliphatic heterocycles. The predicted molar refractivity (Wildman–Crippen MR) is 78.3 cm³/mol. The van der Waals surface area contributed by atoms with E-state index in [0.717, 1.165) is 0 Å². The monoisotopic (exact) mass is 285 g/mol. The van der Waals surface area contributed by atoms with Gasteiger partial charge in [-0.2, -0.15) is 0 Å². The van der Waals surface area contributed by atoms with Gasteiger partial charge in [-0.25, -0.2) is 4.39 Å². The Labute approximate surface area is 122 Å². The molecule has 0 fully saturated rings. The van der Waals surface area contributed by atoms with E-state index in [1.165, 1.54) is 12.1 Å². The van der Waals surface area contributed by atoms with Crippen molar-refractivity contribution in [1.82, 2.24) is 5.32 Å². The Morgan fingerprint density at radius 3 is 2.43 bits per heavy atom. The fraction of sp³-hybridized carbons (Fsp3) is 0.176. The molecular weight excluding hydrogens is 269 g/mol. The molecule has 0 spiro atoms. The molecule has 0 aliphatic rings. The quantitative estimate of drug-likeness (QED) is 0.829. The lowest BCUT2D eigenvalue weighted by atomic mass is 10.1. The molecule has 0 aromatic heterocycles. The maximum Gasteiger partial charge on any atom is 0.220 e. The van der Waals surface area contributed by atoms with Crippen molar-refractivity contribution in [2.45, 2.75) is 19.4 Å². The average Bonchev–Trinajstić information content (AvgIpc) is 2.51. The van der Waals surface area contributed by atoms with Gasteiger partial charge in [0.25, 0.3) is 0 Å². The number of ketones is 1. The number of nitrogens with one attached hydrogen (secondary N) is 1. The Balaban J connectivity index is 1.76. The molecule has 0 heterocycles. The lowest BCUT2D eigenvalue weighted by molar-refractivity contribution is -0.121. The lowest BCUT2D eigenvalue weighted by Crippen LogP contribution is -2.23. The van der Waals surface area contributed by atoms with Crippen molar-refractivity contribution >= 4 is 11.7 Å². The van der Waals surface area contributed by atoms with Crippen LogP contribution in [0.2, 0.25) is 0 Å². The van der Waals surface area contributed by atoms with Gasteiger partial charge in [0, 0.05) is 24.9 Å². The van der Waals surface area contributed by atoms with Crippen LogP contribution >= 0.6 is 0 Å². The summed E-state index contributed by atoms with van der Waals surface area (Å²) >= 11 is 0. The second-order valence-electron chi connectivity index (χ2n) is 4.70. The van der Waals surface area contributed by atoms with E-state index in [1.54, 1.807) is 36.4 Å². The van der Waals surface area contributed by atoms with Crippen molar-refractivity contribution in [3.8, 4) is 0 Å². The van der Waals surface area contributed by atoms with Gasteiger partial charge in [-0.3, -0.25) is 9.59 Å². The number of hydrogen-bond acceptors (Lipinski definition) is 2. The van der Waals surface area contributed by atoms with Crippen molar-refractivity contribution in [2.24, 2.45) is 0 Å². The topological polar surface area (TPSA) is 46.2 Å². The summed E-state index contributed by atoms with van der Waals surface area (Å²) in [7, 11) is 0. The van der Waals surface area contributed by atoms with E-state index < -0.39 is 0 Å². The van der Waals surface area contributed by atoms with Crippen LogP contribution in [0.1, 0.15) is 28.8 Å². The largest absolute Gasteiger partial charge is 0.352 e. The highest BCUT2D eigenvalue weighted by atomic mass is 19.1. The standard InChI is InChI=1S/C17H16FNO2/c18-15-8-4-5-13(11-15)12-19-17(21)10-9-16(20)14-6-2-1-3-7-14/h1-8,11H,9-10,12H2,(H,19,21). The first-order valence-corrected chi connectivity index (χ1v) is 6.74. The number of Topliss-reactive ketones (excluding diaryl/α,β-unsaturated/α-hetero) is 1. The number of rotatable bonds is 6. The summed E-state index contributed by atoms with van der Waals surface area (Å²) in [4.78, 5) is 23.5. The lowest BCUT2D eigenvalue weighted by Gasteiger charge is -2.05. The maximum atomic E-state index is 13.0. The van der Waals surface area contributed by atoms with Crippen LogP contribution in [-0.4, -0.2) is 11.7 Å². The molecule has 0 atom stereocenters. The smallest absolute Gasteiger partial charge is 0.220 e. The molecular formula is C17H16FNO2. The Morgan fingerprint density at radius 1 is 0.952 bits per heavy atom. The van der Waals surface area contributed by atoms with Crippen LogP contribution in [0.15, 0.2) is 54.6 Å². The minimum absolute atomic E-state index is 0.0588. The van der Waals surface area contributed by atoms with Crippen LogP contribution in [-0.2, 0) is 11.3 Å². The summed E-state index contributed by atoms with van der Waals surface area (Å²) in [5.74, 6) is -0.610. The van der Waals surface area contributed by atoms with Crippen molar-refractivity contribution < 1.29 is 14.0 Å². The molecule has 2 aromatic carbocycles. The van der Waals surface area contributed by atoms with Gasteiger partial charge in [-0.15, -0.1) is 0 Å². The van der Waals surface area contributed by atoms with Crippen LogP contribution in [0.4, 0.5) is 4.39 Å². The average molecular weight is 285 g/mol. The zero-order valence-electron chi connectivity index (χ0n) is 11.5. The summed E-state index contributed by atoms with van der Waals surface area (Å²) < 4.78 is 13.0. The van der Waals surface area contributed by atoms with E-state index in [9.17, 15) is 14.0 Å². The number of halogens is 1. The first-order chi connectivity index (χ1) is 10.1. The number of benzene rings is 2. The molecule has 1 amide bonds. The van der Waals surface area contributed by atoms with Gasteiger partial charge in [-0.1, -0.05) is 42.5 Å². The Kier molecular flexibility index (Phi) is 5.21. The molecule has 0 saturated heterocycles. The van der Waals surface area contributed by atoms with Gasteiger partial charge in [0.1, 0.15) is 5.82 Å². The Hall–Kier alpha value is -2.49. The zero-order chi connectivity index (χ0) is 15.1. The predicted octanol–water partition coefficient (Wildman–Crippen LogP) is 3.11. The first-order valence-electron chi connectivity index (χ1n) is 6.74. The third kappa shape index (κ3) is 4.84. The van der Waals surface area contributed by atoms with Crippen molar-refractivity contribution in [1.29, 1.82) is 0 Å². The minimum atomic E-state index is -0.332. The van der Waals surface area contributed by atoms with Crippen LogP contribution in [0.5, 0.6) is 0 Å². The molecule has 3 nitrogen and oxygen atoms in total. The number of carbonyl (C=O) groups excluding carboxylic acids is 2. The van der Waals surface area contributed by atoms with E-state index in [4.69, 9.17) is 0 Å². The van der Waals surface area contributed by atoms with Gasteiger partial charge in [0.15, 0.2) is 5.78 Å². The van der Waals surface area contributed by atoms with Gasteiger partial charge in [0.2, 0.25) is 5.91 Å². The minimum Gasteiger partial charge on any atom is -0.352 e. The highest BCUT2D eigenvalue weighted by Crippen LogP contribution is 2.06. The Bertz CT molecular complexity index is 626. The molecule has 21 heavy (non-hydrogen) atoms. The number of amides is 1. The fourth-order valence-corrected chi connectivity index (χ4v) is 1.93. The molecule has 0 bridgehead atoms. The van der Waals surface area contributed by atoms with Crippen LogP contribution in [0.3, 0.4) is 0 Å². The number of hydrogen-bond donors (Lipinski definition) is 1. The normalized spacial score (nSPS) is 10.1. The first kappa shape index (κ1) is 14.9. The maximum absolute atomic E-state index is 13.0. The Morgan fingerprint density at radius 2 is 1.71 bits per heavy atom. The third-order valence-electron chi connectivity index (χ3n) is 3.05. The van der Waals surface area contributed by atoms with Gasteiger partial charge in [-0.05, 0) is 17.7 Å². The molecule has 2 rings (SSSR count). The molecule has 4 heteroatoms. The highest BCUT2D eigenvalue weighted by Gasteiger charge is 2.08. The second-order valence-corrected chi connectivity index (χ2v) is 4.70. The van der Waals surface area contributed by atoms with Crippen molar-refractivity contribution in [3.05, 3.63) is 71.5 Å². The molecule has 1 N–H and O–H groups in total. The van der Waals surface area contributed by atoms with Gasteiger partial charge in [0.05, 0.1) is 0 Å². The summed E-state index contributed by atoms with van der Waals surface area (Å²) in [6.07, 6.45) is 0.294. The van der Waals surface area contributed by atoms with Crippen LogP contribution in [0, 0.1) is 5.82 Å². The van der Waals surface area contributed by atoms with E-state index in [2.05, 4.69) is 5.32 Å². The summed E-state index contributed by atoms with van der Waals surface area (Å²) in [5.41, 5.74) is 1.30. The third-order valence-corrected chi connectivity index (χ3v) is 3.05. The number of carbonyl (C=O) groups is 2. The highest BCUT2D eigenvalue weighted by molar-refractivity contribution is 5.97. The molecule has 2 aromatic rings. The molecule has 108 valence electrons. The van der Waals surface area contributed by atoms with Crippen molar-refractivity contribution in [3.63, 3.8) is 0 Å². The van der Waals surface area contributed by atoms with Gasteiger partial charge >= 0.3 is 0 Å². The second kappa shape index (κ2) is 7.33. The summed E-state index contributed by atoms with van der Waals surface area (Å²) in [5, 5.41) is 2.68. The molecule has 0 aliphatic carbocycles. The molecule has 0 radical (unpaired) electrons. The zero-order valence-corrected chi connectivity index (χ0v) is 11.5.